The van der Waals surface area contributed by atoms with E-state index in [-0.39, 0.29) is 12.4 Å². The van der Waals surface area contributed by atoms with E-state index in [0.29, 0.717) is 0 Å². The Morgan fingerprint density at radius 1 is 1.50 bits per heavy atom. The van der Waals surface area contributed by atoms with Gasteiger partial charge in [-0.2, -0.15) is 0 Å². The third-order valence-corrected chi connectivity index (χ3v) is 0.103. The van der Waals surface area contributed by atoms with Crippen molar-refractivity contribution in [2.45, 2.75) is 6.43 Å². The van der Waals surface area contributed by atoms with E-state index in [1.807, 2.05) is 0 Å². The van der Waals surface area contributed by atoms with Crippen LogP contribution in [0.5, 0.6) is 0 Å². The van der Waals surface area contributed by atoms with Gasteiger partial charge in [-0.05, 0) is 0 Å². The molecule has 1 nitrogen and oxygen atoms in total. The molecule has 0 aromatic rings. The second-order valence-corrected chi connectivity index (χ2v) is 0.471. The number of aldehydes is 1. The first-order valence-corrected chi connectivity index (χ1v) is 1.01. The monoisotopic (exact) mass is 116 g/mol. The Bertz CT molecular complexity index is 38.5. The number of alkyl halides is 2. The molecule has 0 spiro atoms. The Labute approximate surface area is 39.7 Å². The van der Waals surface area contributed by atoms with Crippen LogP contribution in [0.2, 0.25) is 0 Å². The average molecular weight is 116 g/mol. The molecule has 0 aliphatic carbocycles. The molecule has 4 heteroatoms. The van der Waals surface area contributed by atoms with Gasteiger partial charge in [-0.1, -0.05) is 0 Å². The minimum Gasteiger partial charge on any atom is -0.297 e. The first-order valence-electron chi connectivity index (χ1n) is 1.01. The Hall–Kier alpha value is -0.180. The number of hydrogen-bond donors (Lipinski definition) is 0. The first kappa shape index (κ1) is 9.27. The summed E-state index contributed by atoms with van der Waals surface area (Å²) < 4.78 is 20.8. The molecule has 0 aliphatic rings. The van der Waals surface area contributed by atoms with Gasteiger partial charge in [-0.3, -0.25) is 4.79 Å². The molecule has 38 valence electrons. The summed E-state index contributed by atoms with van der Waals surface area (Å²) >= 11 is 0. The largest absolute Gasteiger partial charge is 0.297 e. The van der Waals surface area contributed by atoms with E-state index in [4.69, 9.17) is 4.79 Å². The molecule has 0 rings (SSSR count). The molecule has 0 radical (unpaired) electrons. The van der Waals surface area contributed by atoms with E-state index < -0.39 is 12.7 Å². The lowest BCUT2D eigenvalue weighted by Gasteiger charge is -1.70. The van der Waals surface area contributed by atoms with E-state index in [2.05, 4.69) is 0 Å². The zero-order valence-corrected chi connectivity index (χ0v) is 3.54. The first-order chi connectivity index (χ1) is 2.27. The third-order valence-electron chi connectivity index (χ3n) is 0.103. The molecular formula is C2H3ClF2O. The van der Waals surface area contributed by atoms with Gasteiger partial charge in [0.15, 0.2) is 6.29 Å². The molecule has 0 aromatic heterocycles. The molecule has 0 unspecified atom stereocenters. The van der Waals surface area contributed by atoms with Crippen molar-refractivity contribution in [2.75, 3.05) is 0 Å². The van der Waals surface area contributed by atoms with Crippen LogP contribution in [0.3, 0.4) is 0 Å². The van der Waals surface area contributed by atoms with Crippen LogP contribution >= 0.6 is 12.4 Å². The Balaban J connectivity index is 0. The minimum atomic E-state index is -2.80. The van der Waals surface area contributed by atoms with Gasteiger partial charge in [0.2, 0.25) is 0 Å². The number of hydrogen-bond acceptors (Lipinski definition) is 1. The van der Waals surface area contributed by atoms with E-state index >= 15 is 0 Å². The van der Waals surface area contributed by atoms with E-state index in [0.717, 1.165) is 0 Å². The fourth-order valence-electron chi connectivity index (χ4n) is 0. The van der Waals surface area contributed by atoms with Gasteiger partial charge < -0.3 is 0 Å². The van der Waals surface area contributed by atoms with Crippen LogP contribution in [0.4, 0.5) is 8.78 Å². The van der Waals surface area contributed by atoms with Crippen molar-refractivity contribution < 1.29 is 13.6 Å². The maximum Gasteiger partial charge on any atom is 0.293 e. The Kier molecular flexibility index (Phi) is 7.44. The van der Waals surface area contributed by atoms with Crippen molar-refractivity contribution in [1.82, 2.24) is 0 Å². The van der Waals surface area contributed by atoms with Gasteiger partial charge in [0.25, 0.3) is 6.43 Å². The lowest BCUT2D eigenvalue weighted by Crippen LogP contribution is -1.86. The summed E-state index contributed by atoms with van der Waals surface area (Å²) in [5, 5.41) is 0. The van der Waals surface area contributed by atoms with Crippen LogP contribution in [-0.4, -0.2) is 12.7 Å². The fraction of sp³-hybridized carbons (Fsp3) is 0.500. The van der Waals surface area contributed by atoms with Crippen molar-refractivity contribution in [3.05, 3.63) is 0 Å². The van der Waals surface area contributed by atoms with Crippen molar-refractivity contribution in [2.24, 2.45) is 0 Å². The maximum atomic E-state index is 10.4. The van der Waals surface area contributed by atoms with Crippen LogP contribution in [0, 0.1) is 0 Å². The molecule has 0 atom stereocenters. The van der Waals surface area contributed by atoms with Gasteiger partial charge in [-0.15, -0.1) is 12.4 Å². The van der Waals surface area contributed by atoms with Gasteiger partial charge in [0.1, 0.15) is 0 Å². The highest BCUT2D eigenvalue weighted by molar-refractivity contribution is 5.85. The zero-order chi connectivity index (χ0) is 4.28. The number of halogens is 3. The smallest absolute Gasteiger partial charge is 0.293 e. The quantitative estimate of drug-likeness (QED) is 0.465. The molecule has 0 saturated heterocycles. The molecule has 0 aromatic carbocycles. The Morgan fingerprint density at radius 3 is 1.67 bits per heavy atom. The lowest BCUT2D eigenvalue weighted by molar-refractivity contribution is -0.116. The molecule has 0 aliphatic heterocycles. The third kappa shape index (κ3) is 9.17. The number of carbonyl (C=O) groups is 1. The second kappa shape index (κ2) is 4.82. The van der Waals surface area contributed by atoms with Crippen LogP contribution in [0.25, 0.3) is 0 Å². The summed E-state index contributed by atoms with van der Waals surface area (Å²) in [6, 6.07) is 0. The average Bonchev–Trinajstić information content (AvgIpc) is 1.38. The topological polar surface area (TPSA) is 17.1 Å². The van der Waals surface area contributed by atoms with E-state index in [1.54, 1.807) is 0 Å². The molecule has 0 fully saturated rings. The van der Waals surface area contributed by atoms with Crippen LogP contribution in [0.1, 0.15) is 0 Å². The summed E-state index contributed by atoms with van der Waals surface area (Å²) in [6.07, 6.45) is -3.21. The predicted octanol–water partition coefficient (Wildman–Crippen LogP) is 0.872. The predicted molar refractivity (Wildman–Crippen MR) is 19.3 cm³/mol. The number of rotatable bonds is 1. The second-order valence-electron chi connectivity index (χ2n) is 0.471. The SMILES string of the molecule is Cl.O=CC(F)F. The molecular weight excluding hydrogens is 113 g/mol. The van der Waals surface area contributed by atoms with E-state index in [1.165, 1.54) is 0 Å². The molecule has 6 heavy (non-hydrogen) atoms. The molecule has 0 saturated carbocycles. The van der Waals surface area contributed by atoms with Crippen molar-refractivity contribution in [3.8, 4) is 0 Å². The molecule has 0 amide bonds. The highest BCUT2D eigenvalue weighted by atomic mass is 35.5. The van der Waals surface area contributed by atoms with Crippen molar-refractivity contribution in [3.63, 3.8) is 0 Å². The van der Waals surface area contributed by atoms with Gasteiger partial charge in [0, 0.05) is 0 Å². The summed E-state index contributed by atoms with van der Waals surface area (Å²) in [4.78, 5) is 8.75. The minimum absolute atomic E-state index is 0. The maximum absolute atomic E-state index is 10.4. The molecule has 0 bridgehead atoms. The fourth-order valence-corrected chi connectivity index (χ4v) is 0. The van der Waals surface area contributed by atoms with Crippen LogP contribution < -0.4 is 0 Å². The van der Waals surface area contributed by atoms with Crippen molar-refractivity contribution in [1.29, 1.82) is 0 Å². The number of carbonyl (C=O) groups excluding carboxylic acids is 1. The standard InChI is InChI=1S/C2H2F2O.ClH/c3-2(4)1-5;/h1-2H;1H. The van der Waals surface area contributed by atoms with Gasteiger partial charge in [-0.25, -0.2) is 8.78 Å². The summed E-state index contributed by atoms with van der Waals surface area (Å²) in [7, 11) is 0. The lowest BCUT2D eigenvalue weighted by atomic mass is 10.8. The molecule has 0 heterocycles. The zero-order valence-electron chi connectivity index (χ0n) is 2.73. The van der Waals surface area contributed by atoms with Crippen LogP contribution in [0.15, 0.2) is 0 Å². The Morgan fingerprint density at radius 2 is 1.67 bits per heavy atom. The van der Waals surface area contributed by atoms with Crippen LogP contribution in [-0.2, 0) is 4.79 Å². The summed E-state index contributed by atoms with van der Waals surface area (Å²) in [5.74, 6) is 0. The normalized spacial score (nSPS) is 7.17. The van der Waals surface area contributed by atoms with Gasteiger partial charge in [0.05, 0.1) is 0 Å². The highest BCUT2D eigenvalue weighted by Gasteiger charge is 1.91. The highest BCUT2D eigenvalue weighted by Crippen LogP contribution is 1.80. The van der Waals surface area contributed by atoms with Gasteiger partial charge >= 0.3 is 0 Å². The summed E-state index contributed by atoms with van der Waals surface area (Å²) in [5.41, 5.74) is 0. The molecule has 0 N–H and O–H groups in total. The summed E-state index contributed by atoms with van der Waals surface area (Å²) in [6.45, 7) is 0. The van der Waals surface area contributed by atoms with E-state index in [9.17, 15) is 8.78 Å². The van der Waals surface area contributed by atoms with Crippen molar-refractivity contribution >= 4 is 18.7 Å².